The van der Waals surface area contributed by atoms with Gasteiger partial charge < -0.3 is 0 Å². The largest absolute Gasteiger partial charge is 0.265 e. The van der Waals surface area contributed by atoms with Crippen LogP contribution in [0.1, 0.15) is 5.56 Å². The van der Waals surface area contributed by atoms with Crippen LogP contribution in [0.15, 0.2) is 36.8 Å². The van der Waals surface area contributed by atoms with Crippen molar-refractivity contribution in [1.29, 1.82) is 0 Å². The summed E-state index contributed by atoms with van der Waals surface area (Å²) in [5.41, 5.74) is 2.51. The molecule has 0 aromatic carbocycles. The molecule has 0 aliphatic heterocycles. The Kier molecular flexibility index (Phi) is 2.92. The van der Waals surface area contributed by atoms with Crippen molar-refractivity contribution in [3.63, 3.8) is 0 Å². The molecule has 0 bridgehead atoms. The van der Waals surface area contributed by atoms with Crippen molar-refractivity contribution in [1.82, 2.24) is 9.97 Å². The van der Waals surface area contributed by atoms with Crippen molar-refractivity contribution in [3.05, 3.63) is 48.3 Å². The van der Waals surface area contributed by atoms with Crippen LogP contribution in [0.25, 0.3) is 11.1 Å². The van der Waals surface area contributed by atoms with E-state index >= 15 is 0 Å². The first-order chi connectivity index (χ1) is 7.31. The molecule has 0 atom stereocenters. The van der Waals surface area contributed by atoms with Gasteiger partial charge in [-0.3, -0.25) is 4.98 Å². The summed E-state index contributed by atoms with van der Waals surface area (Å²) in [6.45, 7) is 0. The molecule has 2 rings (SSSR count). The van der Waals surface area contributed by atoms with Crippen molar-refractivity contribution in [2.24, 2.45) is 0 Å². The van der Waals surface area contributed by atoms with Crippen molar-refractivity contribution in [2.45, 2.75) is 5.88 Å². The molecule has 0 aliphatic carbocycles. The van der Waals surface area contributed by atoms with E-state index in [1.54, 1.807) is 12.4 Å². The minimum Gasteiger partial charge on any atom is -0.265 e. The van der Waals surface area contributed by atoms with Crippen molar-refractivity contribution in [2.75, 3.05) is 0 Å². The Bertz CT molecular complexity index is 459. The third kappa shape index (κ3) is 2.13. The van der Waals surface area contributed by atoms with Crippen LogP contribution in [0, 0.1) is 5.95 Å². The summed E-state index contributed by atoms with van der Waals surface area (Å²) in [6, 6.07) is 5.03. The van der Waals surface area contributed by atoms with Gasteiger partial charge in [-0.2, -0.15) is 4.39 Å². The van der Waals surface area contributed by atoms with Gasteiger partial charge in [0.2, 0.25) is 5.95 Å². The summed E-state index contributed by atoms with van der Waals surface area (Å²) in [5.74, 6) is -0.250. The van der Waals surface area contributed by atoms with E-state index in [1.807, 2.05) is 12.1 Å². The van der Waals surface area contributed by atoms with E-state index in [4.69, 9.17) is 11.6 Å². The molecule has 0 radical (unpaired) electrons. The molecule has 2 aromatic heterocycles. The molecule has 2 aromatic rings. The fourth-order valence-corrected chi connectivity index (χ4v) is 1.59. The molecule has 4 heteroatoms. The van der Waals surface area contributed by atoms with Gasteiger partial charge in [0.1, 0.15) is 0 Å². The van der Waals surface area contributed by atoms with E-state index in [0.29, 0.717) is 0 Å². The number of aromatic nitrogens is 2. The predicted octanol–water partition coefficient (Wildman–Crippen LogP) is 3.02. The molecule has 0 saturated carbocycles. The molecule has 0 aliphatic rings. The zero-order chi connectivity index (χ0) is 10.7. The fourth-order valence-electron chi connectivity index (χ4n) is 1.37. The molecule has 0 spiro atoms. The maximum atomic E-state index is 12.9. The number of hydrogen-bond acceptors (Lipinski definition) is 2. The lowest BCUT2D eigenvalue weighted by atomic mass is 10.0. The second kappa shape index (κ2) is 4.36. The second-order valence-corrected chi connectivity index (χ2v) is 3.30. The SMILES string of the molecule is Fc1cc(CCl)c(-c2ccncc2)cn1. The molecule has 0 fully saturated rings. The number of halogens is 2. The predicted molar refractivity (Wildman–Crippen MR) is 57.0 cm³/mol. The Labute approximate surface area is 91.8 Å². The minimum atomic E-state index is -0.511. The summed E-state index contributed by atoms with van der Waals surface area (Å²) < 4.78 is 12.9. The van der Waals surface area contributed by atoms with Crippen LogP contribution in [0.3, 0.4) is 0 Å². The maximum absolute atomic E-state index is 12.9. The first-order valence-electron chi connectivity index (χ1n) is 4.42. The highest BCUT2D eigenvalue weighted by atomic mass is 35.5. The smallest absolute Gasteiger partial charge is 0.213 e. The van der Waals surface area contributed by atoms with Crippen LogP contribution in [-0.4, -0.2) is 9.97 Å². The molecule has 2 heterocycles. The maximum Gasteiger partial charge on any atom is 0.213 e. The Morgan fingerprint density at radius 2 is 2.00 bits per heavy atom. The van der Waals surface area contributed by atoms with E-state index in [9.17, 15) is 4.39 Å². The third-order valence-corrected chi connectivity index (χ3v) is 2.38. The Morgan fingerprint density at radius 3 is 2.67 bits per heavy atom. The lowest BCUT2D eigenvalue weighted by molar-refractivity contribution is 0.582. The normalized spacial score (nSPS) is 10.3. The standard InChI is InChI=1S/C11H8ClFN2/c12-6-9-5-11(13)15-7-10(9)8-1-3-14-4-2-8/h1-5,7H,6H2. The first kappa shape index (κ1) is 10.1. The average molecular weight is 223 g/mol. The molecular weight excluding hydrogens is 215 g/mol. The van der Waals surface area contributed by atoms with E-state index in [-0.39, 0.29) is 5.88 Å². The van der Waals surface area contributed by atoms with Gasteiger partial charge in [0.15, 0.2) is 0 Å². The Balaban J connectivity index is 2.53. The zero-order valence-electron chi connectivity index (χ0n) is 7.82. The molecular formula is C11H8ClFN2. The third-order valence-electron chi connectivity index (χ3n) is 2.09. The molecule has 76 valence electrons. The van der Waals surface area contributed by atoms with Crippen LogP contribution in [0.2, 0.25) is 0 Å². The summed E-state index contributed by atoms with van der Waals surface area (Å²) in [4.78, 5) is 7.53. The lowest BCUT2D eigenvalue weighted by Gasteiger charge is -2.05. The van der Waals surface area contributed by atoms with Crippen LogP contribution >= 0.6 is 11.6 Å². The Morgan fingerprint density at radius 1 is 1.27 bits per heavy atom. The average Bonchev–Trinajstić information content (AvgIpc) is 2.30. The van der Waals surface area contributed by atoms with Crippen molar-refractivity contribution >= 4 is 11.6 Å². The fraction of sp³-hybridized carbons (Fsp3) is 0.0909. The first-order valence-corrected chi connectivity index (χ1v) is 4.95. The number of rotatable bonds is 2. The highest BCUT2D eigenvalue weighted by molar-refractivity contribution is 6.17. The van der Waals surface area contributed by atoms with Crippen LogP contribution in [-0.2, 0) is 5.88 Å². The van der Waals surface area contributed by atoms with Crippen LogP contribution in [0.5, 0.6) is 0 Å². The van der Waals surface area contributed by atoms with Crippen LogP contribution < -0.4 is 0 Å². The summed E-state index contributed by atoms with van der Waals surface area (Å²) in [6.07, 6.45) is 4.84. The van der Waals surface area contributed by atoms with E-state index < -0.39 is 5.95 Å². The van der Waals surface area contributed by atoms with Gasteiger partial charge >= 0.3 is 0 Å². The number of alkyl halides is 1. The molecule has 2 nitrogen and oxygen atoms in total. The molecule has 15 heavy (non-hydrogen) atoms. The molecule has 0 N–H and O–H groups in total. The van der Waals surface area contributed by atoms with E-state index in [0.717, 1.165) is 16.7 Å². The molecule has 0 unspecified atom stereocenters. The number of nitrogens with zero attached hydrogens (tertiary/aromatic N) is 2. The van der Waals surface area contributed by atoms with E-state index in [2.05, 4.69) is 9.97 Å². The van der Waals surface area contributed by atoms with Crippen LogP contribution in [0.4, 0.5) is 4.39 Å². The van der Waals surface area contributed by atoms with Gasteiger partial charge in [0.05, 0.1) is 0 Å². The monoisotopic (exact) mass is 222 g/mol. The summed E-state index contributed by atoms with van der Waals surface area (Å²) in [5, 5.41) is 0. The molecule has 0 amide bonds. The number of hydrogen-bond donors (Lipinski definition) is 0. The Hall–Kier alpha value is -1.48. The van der Waals surface area contributed by atoms with Crippen molar-refractivity contribution < 1.29 is 4.39 Å². The quantitative estimate of drug-likeness (QED) is 0.577. The van der Waals surface area contributed by atoms with Gasteiger partial charge in [-0.25, -0.2) is 4.98 Å². The second-order valence-electron chi connectivity index (χ2n) is 3.03. The van der Waals surface area contributed by atoms with E-state index in [1.165, 1.54) is 12.3 Å². The zero-order valence-corrected chi connectivity index (χ0v) is 8.58. The van der Waals surface area contributed by atoms with Gasteiger partial charge in [-0.15, -0.1) is 11.6 Å². The summed E-state index contributed by atoms with van der Waals surface area (Å²) in [7, 11) is 0. The summed E-state index contributed by atoms with van der Waals surface area (Å²) >= 11 is 5.74. The topological polar surface area (TPSA) is 25.8 Å². The highest BCUT2D eigenvalue weighted by Crippen LogP contribution is 2.23. The lowest BCUT2D eigenvalue weighted by Crippen LogP contribution is -1.91. The van der Waals surface area contributed by atoms with Gasteiger partial charge in [0.25, 0.3) is 0 Å². The van der Waals surface area contributed by atoms with Gasteiger partial charge in [-0.05, 0) is 29.3 Å². The van der Waals surface area contributed by atoms with Gasteiger partial charge in [0, 0.05) is 30.0 Å². The van der Waals surface area contributed by atoms with Crippen molar-refractivity contribution in [3.8, 4) is 11.1 Å². The number of pyridine rings is 2. The highest BCUT2D eigenvalue weighted by Gasteiger charge is 2.06. The minimum absolute atomic E-state index is 0.261. The molecule has 0 saturated heterocycles. The van der Waals surface area contributed by atoms with Gasteiger partial charge in [-0.1, -0.05) is 0 Å².